The van der Waals surface area contributed by atoms with Gasteiger partial charge in [-0.25, -0.2) is 4.79 Å². The minimum absolute atomic E-state index is 0.145. The summed E-state index contributed by atoms with van der Waals surface area (Å²) in [6.45, 7) is 0.502. The topological polar surface area (TPSA) is 55.4 Å². The van der Waals surface area contributed by atoms with Gasteiger partial charge in [0.25, 0.3) is 0 Å². The van der Waals surface area contributed by atoms with Crippen LogP contribution in [0.25, 0.3) is 0 Å². The normalized spacial score (nSPS) is 31.1. The molecule has 1 aromatic carbocycles. The molecule has 1 aromatic rings. The zero-order valence-corrected chi connectivity index (χ0v) is 12.0. The summed E-state index contributed by atoms with van der Waals surface area (Å²) in [4.78, 5) is 22.8. The Balaban J connectivity index is 1.55. The van der Waals surface area contributed by atoms with E-state index in [4.69, 9.17) is 4.74 Å². The maximum absolute atomic E-state index is 11.5. The Morgan fingerprint density at radius 2 is 2.10 bits per heavy atom. The van der Waals surface area contributed by atoms with Crippen LogP contribution in [0.2, 0.25) is 0 Å². The van der Waals surface area contributed by atoms with Gasteiger partial charge < -0.3 is 10.1 Å². The maximum atomic E-state index is 11.5. The van der Waals surface area contributed by atoms with Crippen molar-refractivity contribution in [3.8, 4) is 0 Å². The number of aryl methyl sites for hydroxylation is 1. The molecular formula is C17H19NO3. The number of Topliss-reactive ketones (excluding diaryl/α,β-unsaturated/α-hetero) is 1. The van der Waals surface area contributed by atoms with Crippen LogP contribution in [0.1, 0.15) is 48.3 Å². The molecule has 4 nitrogen and oxygen atoms in total. The Morgan fingerprint density at radius 1 is 1.19 bits per heavy atom. The third-order valence-corrected chi connectivity index (χ3v) is 5.22. The first-order chi connectivity index (χ1) is 10.1. The number of carbonyl (C=O) groups is 2. The molecule has 2 fully saturated rings. The van der Waals surface area contributed by atoms with E-state index >= 15 is 0 Å². The summed E-state index contributed by atoms with van der Waals surface area (Å²) < 4.78 is 5.09. The molecule has 1 spiro atoms. The van der Waals surface area contributed by atoms with Crippen molar-refractivity contribution in [2.24, 2.45) is 0 Å². The Morgan fingerprint density at radius 3 is 2.90 bits per heavy atom. The van der Waals surface area contributed by atoms with Crippen molar-refractivity contribution >= 4 is 11.9 Å². The lowest BCUT2D eigenvalue weighted by Gasteiger charge is -2.21. The standard InChI is InChI=1S/C17H19NO3/c19-15-4-3-11-7-12(1-2-13(11)8-15)14-5-6-17(9-14)10-21-16(20)18-17/h1-2,7,14H,3-6,8-10H2,(H,18,20). The summed E-state index contributed by atoms with van der Waals surface area (Å²) in [6.07, 6.45) is 4.89. The average Bonchev–Trinajstić information content (AvgIpc) is 3.05. The summed E-state index contributed by atoms with van der Waals surface area (Å²) in [5, 5.41) is 2.99. The van der Waals surface area contributed by atoms with Crippen molar-refractivity contribution < 1.29 is 14.3 Å². The average molecular weight is 285 g/mol. The summed E-state index contributed by atoms with van der Waals surface area (Å²) in [7, 11) is 0. The van der Waals surface area contributed by atoms with Crippen molar-refractivity contribution in [2.75, 3.05) is 6.61 Å². The zero-order valence-electron chi connectivity index (χ0n) is 12.0. The molecule has 1 saturated heterocycles. The fraction of sp³-hybridized carbons (Fsp3) is 0.529. The van der Waals surface area contributed by atoms with Crippen molar-refractivity contribution in [2.45, 2.75) is 50.0 Å². The van der Waals surface area contributed by atoms with Crippen LogP contribution in [0, 0.1) is 0 Å². The van der Waals surface area contributed by atoms with Crippen LogP contribution in [0.15, 0.2) is 18.2 Å². The van der Waals surface area contributed by atoms with E-state index < -0.39 is 0 Å². The van der Waals surface area contributed by atoms with Gasteiger partial charge in [0.2, 0.25) is 0 Å². The Labute approximate surface area is 123 Å². The van der Waals surface area contributed by atoms with Crippen LogP contribution in [-0.2, 0) is 22.4 Å². The predicted molar refractivity (Wildman–Crippen MR) is 77.3 cm³/mol. The lowest BCUT2D eigenvalue weighted by Crippen LogP contribution is -2.40. The number of fused-ring (bicyclic) bond motifs is 1. The molecule has 4 rings (SSSR count). The minimum Gasteiger partial charge on any atom is -0.447 e. The maximum Gasteiger partial charge on any atom is 0.407 e. The molecule has 2 unspecified atom stereocenters. The minimum atomic E-state index is -0.278. The molecule has 0 radical (unpaired) electrons. The molecular weight excluding hydrogens is 266 g/mol. The van der Waals surface area contributed by atoms with Crippen molar-refractivity contribution in [1.82, 2.24) is 5.32 Å². The Bertz CT molecular complexity index is 624. The highest BCUT2D eigenvalue weighted by atomic mass is 16.6. The number of cyclic esters (lactones) is 1. The first kappa shape index (κ1) is 12.9. The van der Waals surface area contributed by atoms with E-state index in [0.717, 1.165) is 25.7 Å². The van der Waals surface area contributed by atoms with E-state index in [-0.39, 0.29) is 11.6 Å². The summed E-state index contributed by atoms with van der Waals surface area (Å²) in [5.74, 6) is 0.829. The zero-order chi connectivity index (χ0) is 14.4. The Kier molecular flexibility index (Phi) is 2.81. The summed E-state index contributed by atoms with van der Waals surface area (Å²) in [5.41, 5.74) is 3.73. The van der Waals surface area contributed by atoms with E-state index in [1.54, 1.807) is 0 Å². The number of ether oxygens (including phenoxy) is 1. The van der Waals surface area contributed by atoms with Gasteiger partial charge in [0.15, 0.2) is 0 Å². The van der Waals surface area contributed by atoms with Gasteiger partial charge in [0.1, 0.15) is 12.4 Å². The van der Waals surface area contributed by atoms with Gasteiger partial charge in [-0.05, 0) is 48.3 Å². The van der Waals surface area contributed by atoms with Crippen LogP contribution in [0.4, 0.5) is 4.79 Å². The molecule has 110 valence electrons. The monoisotopic (exact) mass is 285 g/mol. The number of nitrogens with one attached hydrogen (secondary N) is 1. The second-order valence-corrected chi connectivity index (χ2v) is 6.66. The predicted octanol–water partition coefficient (Wildman–Crippen LogP) is 2.49. The number of ketones is 1. The molecule has 1 amide bonds. The van der Waals surface area contributed by atoms with E-state index in [1.165, 1.54) is 16.7 Å². The molecule has 1 aliphatic heterocycles. The number of hydrogen-bond donors (Lipinski definition) is 1. The smallest absolute Gasteiger partial charge is 0.407 e. The van der Waals surface area contributed by atoms with Gasteiger partial charge in [-0.3, -0.25) is 4.79 Å². The van der Waals surface area contributed by atoms with E-state index in [9.17, 15) is 9.59 Å². The highest BCUT2D eigenvalue weighted by Crippen LogP contribution is 2.43. The first-order valence-electron chi connectivity index (χ1n) is 7.72. The lowest BCUT2D eigenvalue weighted by molar-refractivity contribution is -0.118. The van der Waals surface area contributed by atoms with Gasteiger partial charge in [0.05, 0.1) is 5.54 Å². The van der Waals surface area contributed by atoms with Crippen LogP contribution in [0.3, 0.4) is 0 Å². The molecule has 3 aliphatic rings. The van der Waals surface area contributed by atoms with Crippen LogP contribution >= 0.6 is 0 Å². The van der Waals surface area contributed by atoms with Gasteiger partial charge >= 0.3 is 6.09 Å². The van der Waals surface area contributed by atoms with Crippen LogP contribution in [0.5, 0.6) is 0 Å². The highest BCUT2D eigenvalue weighted by Gasteiger charge is 2.45. The Hall–Kier alpha value is -1.84. The quantitative estimate of drug-likeness (QED) is 0.862. The molecule has 21 heavy (non-hydrogen) atoms. The van der Waals surface area contributed by atoms with Crippen molar-refractivity contribution in [3.63, 3.8) is 0 Å². The van der Waals surface area contributed by atoms with E-state index in [2.05, 4.69) is 23.5 Å². The fourth-order valence-corrected chi connectivity index (χ4v) is 4.03. The van der Waals surface area contributed by atoms with Crippen LogP contribution in [-0.4, -0.2) is 24.0 Å². The third-order valence-electron chi connectivity index (χ3n) is 5.22. The van der Waals surface area contributed by atoms with Gasteiger partial charge in [-0.15, -0.1) is 0 Å². The van der Waals surface area contributed by atoms with E-state index in [1.807, 2.05) is 0 Å². The highest BCUT2D eigenvalue weighted by molar-refractivity contribution is 5.83. The molecule has 0 bridgehead atoms. The molecule has 1 saturated carbocycles. The first-order valence-corrected chi connectivity index (χ1v) is 7.72. The van der Waals surface area contributed by atoms with E-state index in [0.29, 0.717) is 31.1 Å². The molecule has 4 heteroatoms. The number of rotatable bonds is 1. The number of benzene rings is 1. The fourth-order valence-electron chi connectivity index (χ4n) is 4.03. The molecule has 2 atom stereocenters. The van der Waals surface area contributed by atoms with Gasteiger partial charge in [0, 0.05) is 12.8 Å². The van der Waals surface area contributed by atoms with Gasteiger partial charge in [-0.1, -0.05) is 18.2 Å². The largest absolute Gasteiger partial charge is 0.447 e. The second-order valence-electron chi connectivity index (χ2n) is 6.66. The lowest BCUT2D eigenvalue weighted by atomic mass is 9.86. The van der Waals surface area contributed by atoms with Crippen molar-refractivity contribution in [3.05, 3.63) is 34.9 Å². The second kappa shape index (κ2) is 4.58. The van der Waals surface area contributed by atoms with Gasteiger partial charge in [-0.2, -0.15) is 0 Å². The molecule has 1 heterocycles. The molecule has 2 aliphatic carbocycles. The number of alkyl carbamates (subject to hydrolysis) is 1. The van der Waals surface area contributed by atoms with Crippen molar-refractivity contribution in [1.29, 1.82) is 0 Å². The molecule has 1 N–H and O–H groups in total. The summed E-state index contributed by atoms with van der Waals surface area (Å²) >= 11 is 0. The number of amides is 1. The SMILES string of the molecule is O=C1CCc2cc(C3CCC4(COC(=O)N4)C3)ccc2C1. The third kappa shape index (κ3) is 2.23. The number of hydrogen-bond acceptors (Lipinski definition) is 3. The van der Waals surface area contributed by atoms with Crippen LogP contribution < -0.4 is 5.32 Å². The molecule has 0 aromatic heterocycles. The number of carbonyl (C=O) groups excluding carboxylic acids is 2. The summed E-state index contributed by atoms with van der Waals surface area (Å²) in [6, 6.07) is 6.57.